The van der Waals surface area contributed by atoms with Gasteiger partial charge in [0.2, 0.25) is 0 Å². The zero-order valence-electron chi connectivity index (χ0n) is 19.9. The first kappa shape index (κ1) is 26.2. The van der Waals surface area contributed by atoms with Gasteiger partial charge in [0.05, 0.1) is 11.7 Å². The van der Waals surface area contributed by atoms with Gasteiger partial charge in [-0.25, -0.2) is 0 Å². The number of carboxylic acid groups (broad SMARTS) is 1. The lowest BCUT2D eigenvalue weighted by Crippen LogP contribution is -2.24. The van der Waals surface area contributed by atoms with Crippen LogP contribution in [0.2, 0.25) is 0 Å². The molecule has 0 fully saturated rings. The summed E-state index contributed by atoms with van der Waals surface area (Å²) in [5.41, 5.74) is 4.07. The predicted octanol–water partition coefficient (Wildman–Crippen LogP) is 7.38. The van der Waals surface area contributed by atoms with Crippen LogP contribution < -0.4 is 9.62 Å². The largest absolute Gasteiger partial charge is 0.481 e. The molecule has 0 saturated heterocycles. The zero-order chi connectivity index (χ0) is 23.6. The number of carboxylic acids is 1. The molecule has 0 radical (unpaired) electrons. The van der Waals surface area contributed by atoms with E-state index in [1.807, 2.05) is 0 Å². The summed E-state index contributed by atoms with van der Waals surface area (Å²) in [7, 11) is 2.15. The van der Waals surface area contributed by atoms with E-state index in [0.717, 1.165) is 25.8 Å². The highest BCUT2D eigenvalue weighted by molar-refractivity contribution is 14.1. The van der Waals surface area contributed by atoms with Crippen molar-refractivity contribution in [2.45, 2.75) is 75.6 Å². The number of aliphatic carboxylic acids is 1. The van der Waals surface area contributed by atoms with Crippen molar-refractivity contribution in [2.75, 3.05) is 17.9 Å². The molecule has 6 heteroatoms. The normalized spacial score (nSPS) is 17.5. The van der Waals surface area contributed by atoms with Crippen LogP contribution in [0.25, 0.3) is 0 Å². The van der Waals surface area contributed by atoms with Crippen molar-refractivity contribution in [1.29, 1.82) is 0 Å². The summed E-state index contributed by atoms with van der Waals surface area (Å²) in [5.74, 6) is -0.674. The Morgan fingerprint density at radius 1 is 1.03 bits per heavy atom. The average molecular weight is 581 g/mol. The van der Waals surface area contributed by atoms with Crippen LogP contribution in [0.4, 0.5) is 5.69 Å². The zero-order valence-corrected chi connectivity index (χ0v) is 22.8. The van der Waals surface area contributed by atoms with Gasteiger partial charge in [-0.05, 0) is 83.6 Å². The van der Waals surface area contributed by atoms with Crippen LogP contribution in [0.3, 0.4) is 0 Å². The van der Waals surface area contributed by atoms with E-state index in [0.29, 0.717) is 6.42 Å². The van der Waals surface area contributed by atoms with E-state index in [1.165, 1.54) is 57.4 Å². The molecule has 33 heavy (non-hydrogen) atoms. The fourth-order valence-electron chi connectivity index (χ4n) is 4.58. The Labute approximate surface area is 215 Å². The highest BCUT2D eigenvalue weighted by Crippen LogP contribution is 2.46. The summed E-state index contributed by atoms with van der Waals surface area (Å²) >= 11 is 2.43. The molecule has 3 rings (SSSR count). The Hall–Kier alpha value is -1.38. The van der Waals surface area contributed by atoms with E-state index < -0.39 is 5.97 Å². The molecule has 1 heterocycles. The summed E-state index contributed by atoms with van der Waals surface area (Å²) in [6, 6.07) is 15.9. The van der Waals surface area contributed by atoms with Gasteiger partial charge in [-0.3, -0.25) is 4.79 Å². The maximum Gasteiger partial charge on any atom is 0.303 e. The van der Waals surface area contributed by atoms with Crippen LogP contribution in [0.15, 0.2) is 47.4 Å². The summed E-state index contributed by atoms with van der Waals surface area (Å²) in [5, 5.41) is 14.9. The van der Waals surface area contributed by atoms with Crippen LogP contribution in [-0.4, -0.2) is 30.0 Å². The second-order valence-electron chi connectivity index (χ2n) is 8.65. The molecule has 2 aromatic carbocycles. The van der Waals surface area contributed by atoms with Gasteiger partial charge in [-0.15, -0.1) is 0 Å². The molecule has 2 aromatic rings. The Morgan fingerprint density at radius 2 is 1.70 bits per heavy atom. The van der Waals surface area contributed by atoms with Crippen molar-refractivity contribution in [2.24, 2.45) is 0 Å². The lowest BCUT2D eigenvalue weighted by Gasteiger charge is -2.24. The third-order valence-corrected chi connectivity index (χ3v) is 8.99. The molecule has 1 aliphatic rings. The van der Waals surface area contributed by atoms with E-state index >= 15 is 0 Å². The molecule has 1 aliphatic heterocycles. The number of anilines is 1. The van der Waals surface area contributed by atoms with Gasteiger partial charge in [0.25, 0.3) is 0 Å². The number of benzene rings is 2. The molecular formula is C27H37IN2O2S. The Bertz CT molecular complexity index is 963. The minimum atomic E-state index is -0.674. The van der Waals surface area contributed by atoms with E-state index in [2.05, 4.69) is 94.0 Å². The number of hydrogen-bond donors (Lipinski definition) is 2. The molecule has 180 valence electrons. The topological polar surface area (TPSA) is 52.6 Å². The number of hydrogen-bond acceptors (Lipinski definition) is 3. The fraction of sp³-hybridized carbons (Fsp3) is 0.481. The maximum atomic E-state index is 10.6. The Morgan fingerprint density at radius 3 is 2.39 bits per heavy atom. The van der Waals surface area contributed by atoms with Gasteiger partial charge >= 0.3 is 5.97 Å². The van der Waals surface area contributed by atoms with Crippen LogP contribution in [0.1, 0.15) is 81.9 Å². The van der Waals surface area contributed by atoms with Gasteiger partial charge < -0.3 is 14.7 Å². The molecule has 2 N–H and O–H groups in total. The van der Waals surface area contributed by atoms with Crippen LogP contribution >= 0.6 is 33.3 Å². The van der Waals surface area contributed by atoms with E-state index in [1.54, 1.807) is 0 Å². The van der Waals surface area contributed by atoms with Crippen molar-refractivity contribution in [3.05, 3.63) is 57.2 Å². The first-order valence-corrected chi connectivity index (χ1v) is 14.4. The number of rotatable bonds is 12. The maximum absolute atomic E-state index is 10.6. The third-order valence-electron chi connectivity index (χ3n) is 6.28. The molecule has 0 spiro atoms. The van der Waals surface area contributed by atoms with Crippen molar-refractivity contribution in [3.63, 3.8) is 0 Å². The van der Waals surface area contributed by atoms with Gasteiger partial charge in [0.15, 0.2) is 0 Å². The van der Waals surface area contributed by atoms with Crippen LogP contribution in [-0.2, 0) is 4.79 Å². The molecule has 0 aromatic heterocycles. The molecule has 2 unspecified atom stereocenters. The van der Waals surface area contributed by atoms with Crippen molar-refractivity contribution in [3.8, 4) is 0 Å². The molecule has 0 bridgehead atoms. The summed E-state index contributed by atoms with van der Waals surface area (Å²) in [6.45, 7) is 3.18. The van der Waals surface area contributed by atoms with Crippen LogP contribution in [0.5, 0.6) is 0 Å². The summed E-state index contributed by atoms with van der Waals surface area (Å²) in [4.78, 5) is 12.0. The number of fused-ring (bicyclic) bond motifs is 2. The Balaban J connectivity index is 1.57. The number of para-hydroxylation sites is 1. The van der Waals surface area contributed by atoms with Gasteiger partial charge in [0.1, 0.15) is 0 Å². The summed E-state index contributed by atoms with van der Waals surface area (Å²) < 4.78 is 3.72. The second kappa shape index (κ2) is 13.5. The second-order valence-corrected chi connectivity index (χ2v) is 12.0. The first-order chi connectivity index (χ1) is 16.0. The lowest BCUT2D eigenvalue weighted by atomic mass is 9.96. The quantitative estimate of drug-likeness (QED) is 0.156. The standard InChI is InChI=1S/C27H37IN2O2S/c1-3-33-25-20-21(28)17-18-23(25)27(22-14-11-12-15-24(22)30(33)2)29-19-13-9-7-5-4-6-8-10-16-26(31)32/h3,11-12,14-15,17-18,20,27,29H,4-10,13,16,19H2,1-2H3,(H,31,32). The SMILES string of the molecule is C/C=S1/c2cc(I)ccc2C(NCCCCCCCCCCC(=O)O)c2ccccc2N1C. The predicted molar refractivity (Wildman–Crippen MR) is 151 cm³/mol. The lowest BCUT2D eigenvalue weighted by molar-refractivity contribution is -0.137. The van der Waals surface area contributed by atoms with Crippen molar-refractivity contribution < 1.29 is 9.90 Å². The van der Waals surface area contributed by atoms with Crippen molar-refractivity contribution in [1.82, 2.24) is 5.32 Å². The number of nitrogens with zero attached hydrogens (tertiary/aromatic N) is 1. The molecule has 2 atom stereocenters. The minimum Gasteiger partial charge on any atom is -0.481 e. The summed E-state index contributed by atoms with van der Waals surface area (Å²) in [6.07, 6.45) is 9.47. The monoisotopic (exact) mass is 580 g/mol. The smallest absolute Gasteiger partial charge is 0.303 e. The first-order valence-electron chi connectivity index (χ1n) is 12.1. The van der Waals surface area contributed by atoms with E-state index in [9.17, 15) is 4.79 Å². The van der Waals surface area contributed by atoms with Crippen molar-refractivity contribution >= 4 is 50.3 Å². The number of nitrogens with one attached hydrogen (secondary N) is 1. The Kier molecular flexibility index (Phi) is 10.7. The number of carbonyl (C=O) groups is 1. The fourth-order valence-corrected chi connectivity index (χ4v) is 7.20. The van der Waals surface area contributed by atoms with E-state index in [-0.39, 0.29) is 16.7 Å². The highest BCUT2D eigenvalue weighted by Gasteiger charge is 2.27. The number of unbranched alkanes of at least 4 members (excludes halogenated alkanes) is 7. The molecule has 4 nitrogen and oxygen atoms in total. The molecular weight excluding hydrogens is 543 g/mol. The molecule has 0 amide bonds. The number of halogens is 1. The minimum absolute atomic E-state index is 0.0682. The third kappa shape index (κ3) is 7.30. The van der Waals surface area contributed by atoms with E-state index in [4.69, 9.17) is 5.11 Å². The van der Waals surface area contributed by atoms with Crippen LogP contribution in [0, 0.1) is 3.57 Å². The van der Waals surface area contributed by atoms with Gasteiger partial charge in [-0.2, -0.15) is 0 Å². The van der Waals surface area contributed by atoms with Gasteiger partial charge in [-0.1, -0.05) is 73.5 Å². The van der Waals surface area contributed by atoms with Gasteiger partial charge in [0, 0.05) is 21.9 Å². The average Bonchev–Trinajstić information content (AvgIpc) is 2.89. The molecule has 0 saturated carbocycles. The molecule has 0 aliphatic carbocycles. The highest BCUT2D eigenvalue weighted by atomic mass is 127.